The van der Waals surface area contributed by atoms with Gasteiger partial charge in [0.1, 0.15) is 11.5 Å². The Morgan fingerprint density at radius 1 is 1.44 bits per heavy atom. The molecular weight excluding hydrogens is 250 g/mol. The quantitative estimate of drug-likeness (QED) is 0.898. The Balaban J connectivity index is 2.01. The van der Waals surface area contributed by atoms with Crippen LogP contribution in [0.3, 0.4) is 0 Å². The predicted molar refractivity (Wildman–Crippen MR) is 70.3 cm³/mol. The molecule has 5 heteroatoms. The lowest BCUT2D eigenvalue weighted by molar-refractivity contribution is -0.136. The van der Waals surface area contributed by atoms with Crippen LogP contribution >= 0.6 is 11.8 Å². The molecule has 0 radical (unpaired) electrons. The summed E-state index contributed by atoms with van der Waals surface area (Å²) in [6, 6.07) is 11.6. The average molecular weight is 263 g/mol. The van der Waals surface area contributed by atoms with Gasteiger partial charge in [0.2, 0.25) is 0 Å². The van der Waals surface area contributed by atoms with Gasteiger partial charge in [-0.3, -0.25) is 4.79 Å². The number of benzene rings is 1. The minimum absolute atomic E-state index is 0.449. The van der Waals surface area contributed by atoms with Crippen molar-refractivity contribution in [3.8, 4) is 11.3 Å². The molecule has 0 bridgehead atoms. The largest absolute Gasteiger partial charge is 0.480 e. The third kappa shape index (κ3) is 3.13. The van der Waals surface area contributed by atoms with Crippen LogP contribution in [-0.2, 0) is 10.5 Å². The molecule has 94 valence electrons. The van der Waals surface area contributed by atoms with Gasteiger partial charge in [-0.25, -0.2) is 0 Å². The van der Waals surface area contributed by atoms with E-state index in [9.17, 15) is 4.79 Å². The van der Waals surface area contributed by atoms with Gasteiger partial charge in [0.05, 0.1) is 11.0 Å². The average Bonchev–Trinajstić information content (AvgIpc) is 2.85. The number of carbonyl (C=O) groups is 1. The molecule has 1 N–H and O–H groups in total. The normalized spacial score (nSPS) is 12.3. The number of thioether (sulfide) groups is 1. The number of nitrogens with zero attached hydrogens (tertiary/aromatic N) is 1. The van der Waals surface area contributed by atoms with Gasteiger partial charge in [0.15, 0.2) is 0 Å². The van der Waals surface area contributed by atoms with Gasteiger partial charge in [-0.2, -0.15) is 0 Å². The second-order valence-electron chi connectivity index (χ2n) is 3.84. The maximum absolute atomic E-state index is 10.7. The molecule has 1 heterocycles. The van der Waals surface area contributed by atoms with E-state index in [0.717, 1.165) is 11.3 Å². The van der Waals surface area contributed by atoms with Gasteiger partial charge >= 0.3 is 5.97 Å². The molecule has 0 aliphatic rings. The maximum atomic E-state index is 10.7. The molecule has 0 amide bonds. The zero-order valence-electron chi connectivity index (χ0n) is 9.87. The number of hydrogen-bond acceptors (Lipinski definition) is 4. The number of hydrogen-bond donors (Lipinski definition) is 1. The molecule has 0 fully saturated rings. The highest BCUT2D eigenvalue weighted by atomic mass is 32.2. The van der Waals surface area contributed by atoms with Gasteiger partial charge in [0, 0.05) is 11.6 Å². The number of aromatic nitrogens is 1. The third-order valence-electron chi connectivity index (χ3n) is 2.45. The Hall–Kier alpha value is -1.75. The maximum Gasteiger partial charge on any atom is 0.316 e. The molecule has 1 unspecified atom stereocenters. The van der Waals surface area contributed by atoms with Crippen LogP contribution in [0.2, 0.25) is 0 Å². The van der Waals surface area contributed by atoms with Crippen LogP contribution < -0.4 is 0 Å². The van der Waals surface area contributed by atoms with E-state index in [4.69, 9.17) is 9.63 Å². The van der Waals surface area contributed by atoms with E-state index in [1.165, 1.54) is 11.8 Å². The van der Waals surface area contributed by atoms with Crippen molar-refractivity contribution >= 4 is 17.7 Å². The van der Waals surface area contributed by atoms with Gasteiger partial charge < -0.3 is 9.63 Å². The van der Waals surface area contributed by atoms with Crippen molar-refractivity contribution < 1.29 is 14.4 Å². The van der Waals surface area contributed by atoms with Crippen molar-refractivity contribution in [2.45, 2.75) is 17.9 Å². The standard InChI is InChI=1S/C13H13NO3S/c1-9(13(15)16)18-8-11-7-12(14-17-11)10-5-3-2-4-6-10/h2-7,9H,8H2,1H3,(H,15,16). The van der Waals surface area contributed by atoms with E-state index in [1.54, 1.807) is 6.92 Å². The molecule has 1 aromatic heterocycles. The van der Waals surface area contributed by atoms with Crippen molar-refractivity contribution in [1.82, 2.24) is 5.16 Å². The van der Waals surface area contributed by atoms with Crippen molar-refractivity contribution in [2.75, 3.05) is 0 Å². The summed E-state index contributed by atoms with van der Waals surface area (Å²) < 4.78 is 5.19. The van der Waals surface area contributed by atoms with E-state index in [2.05, 4.69) is 5.16 Å². The first-order valence-corrected chi connectivity index (χ1v) is 6.57. The molecule has 0 spiro atoms. The smallest absolute Gasteiger partial charge is 0.316 e. The lowest BCUT2D eigenvalue weighted by Crippen LogP contribution is -2.11. The summed E-state index contributed by atoms with van der Waals surface area (Å²) in [6.07, 6.45) is 0. The molecule has 2 aromatic rings. The molecule has 1 aromatic carbocycles. The van der Waals surface area contributed by atoms with Crippen LogP contribution in [0, 0.1) is 0 Å². The van der Waals surface area contributed by atoms with E-state index in [-0.39, 0.29) is 0 Å². The Labute approximate surface area is 109 Å². The van der Waals surface area contributed by atoms with Crippen molar-refractivity contribution in [3.05, 3.63) is 42.2 Å². The molecular formula is C13H13NO3S. The Kier molecular flexibility index (Phi) is 4.04. The fraction of sp³-hybridized carbons (Fsp3) is 0.231. The number of aliphatic carboxylic acids is 1. The predicted octanol–water partition coefficient (Wildman–Crippen LogP) is 3.05. The summed E-state index contributed by atoms with van der Waals surface area (Å²) in [7, 11) is 0. The summed E-state index contributed by atoms with van der Waals surface area (Å²) in [6.45, 7) is 1.65. The minimum Gasteiger partial charge on any atom is -0.480 e. The molecule has 4 nitrogen and oxygen atoms in total. The monoisotopic (exact) mass is 263 g/mol. The van der Waals surface area contributed by atoms with Crippen molar-refractivity contribution in [2.24, 2.45) is 0 Å². The summed E-state index contributed by atoms with van der Waals surface area (Å²) >= 11 is 1.31. The number of rotatable bonds is 5. The van der Waals surface area contributed by atoms with E-state index >= 15 is 0 Å². The second-order valence-corrected chi connectivity index (χ2v) is 5.17. The van der Waals surface area contributed by atoms with Gasteiger partial charge in [0.25, 0.3) is 0 Å². The molecule has 1 atom stereocenters. The molecule has 0 aliphatic carbocycles. The van der Waals surface area contributed by atoms with Crippen LogP contribution in [0.15, 0.2) is 40.9 Å². The van der Waals surface area contributed by atoms with Crippen LogP contribution in [-0.4, -0.2) is 21.5 Å². The van der Waals surface area contributed by atoms with E-state index in [1.807, 2.05) is 36.4 Å². The third-order valence-corrected chi connectivity index (χ3v) is 3.60. The summed E-state index contributed by atoms with van der Waals surface area (Å²) in [5.41, 5.74) is 1.76. The Morgan fingerprint density at radius 3 is 2.83 bits per heavy atom. The van der Waals surface area contributed by atoms with Gasteiger partial charge in [-0.05, 0) is 6.92 Å². The van der Waals surface area contributed by atoms with E-state index in [0.29, 0.717) is 11.5 Å². The van der Waals surface area contributed by atoms with Crippen LogP contribution in [0.25, 0.3) is 11.3 Å². The highest BCUT2D eigenvalue weighted by Crippen LogP contribution is 2.23. The first kappa shape index (κ1) is 12.7. The lowest BCUT2D eigenvalue weighted by Gasteiger charge is -2.02. The van der Waals surface area contributed by atoms with Crippen LogP contribution in [0.4, 0.5) is 0 Å². The molecule has 0 saturated heterocycles. The SMILES string of the molecule is CC(SCc1cc(-c2ccccc2)no1)C(=O)O. The molecule has 2 rings (SSSR count). The van der Waals surface area contributed by atoms with Crippen molar-refractivity contribution in [1.29, 1.82) is 0 Å². The summed E-state index contributed by atoms with van der Waals surface area (Å²) in [5.74, 6) is 0.377. The highest BCUT2D eigenvalue weighted by molar-refractivity contribution is 7.99. The van der Waals surface area contributed by atoms with Crippen molar-refractivity contribution in [3.63, 3.8) is 0 Å². The fourth-order valence-electron chi connectivity index (χ4n) is 1.40. The van der Waals surface area contributed by atoms with Gasteiger partial charge in [-0.15, -0.1) is 11.8 Å². The first-order chi connectivity index (χ1) is 8.66. The van der Waals surface area contributed by atoms with Crippen LogP contribution in [0.5, 0.6) is 0 Å². The zero-order chi connectivity index (χ0) is 13.0. The topological polar surface area (TPSA) is 63.3 Å². The number of carboxylic acid groups (broad SMARTS) is 1. The van der Waals surface area contributed by atoms with Crippen LogP contribution in [0.1, 0.15) is 12.7 Å². The Bertz CT molecular complexity index is 524. The lowest BCUT2D eigenvalue weighted by atomic mass is 10.1. The highest BCUT2D eigenvalue weighted by Gasteiger charge is 2.13. The van der Waals surface area contributed by atoms with Gasteiger partial charge in [-0.1, -0.05) is 35.5 Å². The minimum atomic E-state index is -0.817. The van der Waals surface area contributed by atoms with E-state index < -0.39 is 11.2 Å². The summed E-state index contributed by atoms with van der Waals surface area (Å²) in [4.78, 5) is 10.7. The second kappa shape index (κ2) is 5.73. The Morgan fingerprint density at radius 2 is 2.17 bits per heavy atom. The fourth-order valence-corrected chi connectivity index (χ4v) is 2.10. The first-order valence-electron chi connectivity index (χ1n) is 5.52. The molecule has 0 saturated carbocycles. The molecule has 0 aliphatic heterocycles. The number of carboxylic acids is 1. The molecule has 18 heavy (non-hydrogen) atoms. The zero-order valence-corrected chi connectivity index (χ0v) is 10.7. The summed E-state index contributed by atoms with van der Waals surface area (Å²) in [5, 5.41) is 12.3.